The van der Waals surface area contributed by atoms with E-state index in [9.17, 15) is 31.4 Å². The highest BCUT2D eigenvalue weighted by atomic mass is 19.4. The first-order valence-electron chi connectivity index (χ1n) is 5.68. The van der Waals surface area contributed by atoms with Crippen LogP contribution in [0.25, 0.3) is 0 Å². The highest BCUT2D eigenvalue weighted by Crippen LogP contribution is 2.33. The number of aliphatic hydroxyl groups excluding tert-OH is 1. The van der Waals surface area contributed by atoms with Gasteiger partial charge in [-0.2, -0.15) is 13.2 Å². The minimum absolute atomic E-state index is 0.266. The number of hydrogen-bond acceptors (Lipinski definition) is 1. The zero-order valence-corrected chi connectivity index (χ0v) is 10.3. The van der Waals surface area contributed by atoms with Crippen LogP contribution in [-0.2, 0) is 6.18 Å². The van der Waals surface area contributed by atoms with Gasteiger partial charge in [0.15, 0.2) is 0 Å². The molecule has 1 unspecified atom stereocenters. The summed E-state index contributed by atoms with van der Waals surface area (Å²) in [7, 11) is 0. The summed E-state index contributed by atoms with van der Waals surface area (Å²) in [6.45, 7) is 0. The minimum atomic E-state index is -4.80. The number of halogens is 6. The van der Waals surface area contributed by atoms with Crippen LogP contribution >= 0.6 is 0 Å². The molecule has 0 heterocycles. The number of aliphatic hydroxyl groups is 1. The van der Waals surface area contributed by atoms with Crippen LogP contribution in [0, 0.1) is 17.5 Å². The van der Waals surface area contributed by atoms with Crippen molar-refractivity contribution in [3.8, 4) is 0 Å². The van der Waals surface area contributed by atoms with E-state index in [4.69, 9.17) is 0 Å². The third-order valence-electron chi connectivity index (χ3n) is 2.76. The van der Waals surface area contributed by atoms with Gasteiger partial charge in [0.2, 0.25) is 0 Å². The van der Waals surface area contributed by atoms with Crippen molar-refractivity contribution >= 4 is 0 Å². The monoisotopic (exact) mass is 306 g/mol. The normalized spacial score (nSPS) is 13.3. The van der Waals surface area contributed by atoms with Crippen LogP contribution in [0.3, 0.4) is 0 Å². The predicted octanol–water partition coefficient (Wildman–Crippen LogP) is 4.20. The Balaban J connectivity index is 2.48. The molecule has 1 N–H and O–H groups in total. The van der Waals surface area contributed by atoms with Gasteiger partial charge >= 0.3 is 6.18 Å². The zero-order chi connectivity index (χ0) is 15.8. The largest absolute Gasteiger partial charge is 0.416 e. The molecule has 0 bridgehead atoms. The van der Waals surface area contributed by atoms with Crippen LogP contribution in [0.1, 0.15) is 22.8 Å². The summed E-state index contributed by atoms with van der Waals surface area (Å²) in [5.74, 6) is -3.22. The van der Waals surface area contributed by atoms with E-state index in [-0.39, 0.29) is 11.6 Å². The molecule has 112 valence electrons. The Morgan fingerprint density at radius 2 is 1.14 bits per heavy atom. The fourth-order valence-corrected chi connectivity index (χ4v) is 1.86. The van der Waals surface area contributed by atoms with Gasteiger partial charge in [0.25, 0.3) is 0 Å². The summed E-state index contributed by atoms with van der Waals surface area (Å²) in [4.78, 5) is 0. The summed E-state index contributed by atoms with van der Waals surface area (Å²) in [6.07, 6.45) is -6.59. The SMILES string of the molecule is OC(c1cc(F)cc(F)c1)c1cc(F)cc(C(F)(F)F)c1. The molecule has 0 aliphatic heterocycles. The fourth-order valence-electron chi connectivity index (χ4n) is 1.86. The average Bonchev–Trinajstić information content (AvgIpc) is 2.35. The van der Waals surface area contributed by atoms with Crippen molar-refractivity contribution < 1.29 is 31.4 Å². The van der Waals surface area contributed by atoms with E-state index in [1.54, 1.807) is 0 Å². The van der Waals surface area contributed by atoms with E-state index in [1.807, 2.05) is 0 Å². The molecule has 0 aliphatic rings. The maximum Gasteiger partial charge on any atom is 0.416 e. The Morgan fingerprint density at radius 1 is 0.714 bits per heavy atom. The molecule has 0 spiro atoms. The van der Waals surface area contributed by atoms with Crippen LogP contribution in [-0.4, -0.2) is 5.11 Å². The smallest absolute Gasteiger partial charge is 0.384 e. The quantitative estimate of drug-likeness (QED) is 0.824. The lowest BCUT2D eigenvalue weighted by atomic mass is 9.99. The summed E-state index contributed by atoms with van der Waals surface area (Å²) in [5, 5.41) is 9.89. The Labute approximate surface area is 115 Å². The van der Waals surface area contributed by atoms with Crippen molar-refractivity contribution in [3.63, 3.8) is 0 Å². The Morgan fingerprint density at radius 3 is 1.62 bits per heavy atom. The molecule has 2 aromatic rings. The lowest BCUT2D eigenvalue weighted by Crippen LogP contribution is -2.09. The van der Waals surface area contributed by atoms with Crippen LogP contribution in [0.5, 0.6) is 0 Å². The van der Waals surface area contributed by atoms with Crippen molar-refractivity contribution in [2.75, 3.05) is 0 Å². The van der Waals surface area contributed by atoms with Crippen LogP contribution in [0.15, 0.2) is 36.4 Å². The first-order chi connectivity index (χ1) is 9.66. The second kappa shape index (κ2) is 5.40. The Bertz CT molecular complexity index is 645. The third kappa shape index (κ3) is 3.55. The summed E-state index contributed by atoms with van der Waals surface area (Å²) < 4.78 is 77.0. The standard InChI is InChI=1S/C14H8F6O/c15-10-2-7(1-9(5-10)14(18,19)20)13(21)8-3-11(16)6-12(17)4-8/h1-6,13,21H. The molecule has 0 aliphatic carbocycles. The molecule has 2 aromatic carbocycles. The van der Waals surface area contributed by atoms with Gasteiger partial charge in [-0.3, -0.25) is 0 Å². The van der Waals surface area contributed by atoms with Gasteiger partial charge in [0, 0.05) is 6.07 Å². The van der Waals surface area contributed by atoms with Gasteiger partial charge in [-0.25, -0.2) is 13.2 Å². The third-order valence-corrected chi connectivity index (χ3v) is 2.76. The van der Waals surface area contributed by atoms with Gasteiger partial charge in [0.05, 0.1) is 5.56 Å². The molecule has 0 fully saturated rings. The van der Waals surface area contributed by atoms with E-state index in [2.05, 4.69) is 0 Å². The van der Waals surface area contributed by atoms with Gasteiger partial charge in [0.1, 0.15) is 23.6 Å². The summed E-state index contributed by atoms with van der Waals surface area (Å²) in [5.41, 5.74) is -2.06. The number of alkyl halides is 3. The first-order valence-corrected chi connectivity index (χ1v) is 5.68. The van der Waals surface area contributed by atoms with E-state index < -0.39 is 40.9 Å². The number of hydrogen-bond donors (Lipinski definition) is 1. The minimum Gasteiger partial charge on any atom is -0.384 e. The molecule has 7 heteroatoms. The van der Waals surface area contributed by atoms with E-state index in [0.717, 1.165) is 12.1 Å². The van der Waals surface area contributed by atoms with Gasteiger partial charge in [-0.1, -0.05) is 0 Å². The summed E-state index contributed by atoms with van der Waals surface area (Å²) in [6, 6.07) is 3.52. The molecule has 21 heavy (non-hydrogen) atoms. The second-order valence-electron chi connectivity index (χ2n) is 4.38. The van der Waals surface area contributed by atoms with Crippen molar-refractivity contribution in [1.82, 2.24) is 0 Å². The van der Waals surface area contributed by atoms with Crippen LogP contribution < -0.4 is 0 Å². The van der Waals surface area contributed by atoms with E-state index >= 15 is 0 Å². The number of rotatable bonds is 2. The molecule has 0 saturated carbocycles. The van der Waals surface area contributed by atoms with Gasteiger partial charge < -0.3 is 5.11 Å². The molecule has 0 radical (unpaired) electrons. The average molecular weight is 306 g/mol. The molecule has 1 atom stereocenters. The molecule has 0 aromatic heterocycles. The molecule has 1 nitrogen and oxygen atoms in total. The lowest BCUT2D eigenvalue weighted by molar-refractivity contribution is -0.137. The van der Waals surface area contributed by atoms with Crippen molar-refractivity contribution in [2.45, 2.75) is 12.3 Å². The predicted molar refractivity (Wildman–Crippen MR) is 61.8 cm³/mol. The topological polar surface area (TPSA) is 20.2 Å². The zero-order valence-electron chi connectivity index (χ0n) is 10.3. The number of benzene rings is 2. The molecule has 0 saturated heterocycles. The molecule has 0 amide bonds. The van der Waals surface area contributed by atoms with E-state index in [1.165, 1.54) is 0 Å². The van der Waals surface area contributed by atoms with Crippen molar-refractivity contribution in [2.24, 2.45) is 0 Å². The summed E-state index contributed by atoms with van der Waals surface area (Å²) >= 11 is 0. The van der Waals surface area contributed by atoms with Crippen LogP contribution in [0.4, 0.5) is 26.3 Å². The Kier molecular flexibility index (Phi) is 3.95. The highest BCUT2D eigenvalue weighted by molar-refractivity contribution is 5.34. The fraction of sp³-hybridized carbons (Fsp3) is 0.143. The molecular formula is C14H8F6O. The van der Waals surface area contributed by atoms with E-state index in [0.29, 0.717) is 18.2 Å². The van der Waals surface area contributed by atoms with Crippen molar-refractivity contribution in [1.29, 1.82) is 0 Å². The highest BCUT2D eigenvalue weighted by Gasteiger charge is 2.32. The van der Waals surface area contributed by atoms with Gasteiger partial charge in [-0.05, 0) is 41.5 Å². The van der Waals surface area contributed by atoms with Crippen molar-refractivity contribution in [3.05, 3.63) is 70.5 Å². The lowest BCUT2D eigenvalue weighted by Gasteiger charge is -2.15. The Hall–Kier alpha value is -2.02. The van der Waals surface area contributed by atoms with Gasteiger partial charge in [-0.15, -0.1) is 0 Å². The first kappa shape index (κ1) is 15.4. The van der Waals surface area contributed by atoms with Crippen LogP contribution in [0.2, 0.25) is 0 Å². The molecule has 2 rings (SSSR count). The molecular weight excluding hydrogens is 298 g/mol. The maximum absolute atomic E-state index is 13.2. The maximum atomic E-state index is 13.2. The second-order valence-corrected chi connectivity index (χ2v) is 4.38.